The molecule has 2 aromatic heterocycles. The summed E-state index contributed by atoms with van der Waals surface area (Å²) in [5, 5.41) is 3.28. The number of hydrogen-bond acceptors (Lipinski definition) is 4. The van der Waals surface area contributed by atoms with Crippen LogP contribution in [0.4, 0.5) is 0 Å². The second-order valence-corrected chi connectivity index (χ2v) is 5.78. The van der Waals surface area contributed by atoms with Crippen LogP contribution in [0, 0.1) is 12.8 Å². The number of thiazole rings is 1. The van der Waals surface area contributed by atoms with E-state index in [0.717, 1.165) is 42.4 Å². The highest BCUT2D eigenvalue weighted by atomic mass is 32.1. The van der Waals surface area contributed by atoms with Crippen LogP contribution in [0.5, 0.6) is 0 Å². The van der Waals surface area contributed by atoms with Crippen LogP contribution in [0.3, 0.4) is 0 Å². The summed E-state index contributed by atoms with van der Waals surface area (Å²) in [7, 11) is 0. The summed E-state index contributed by atoms with van der Waals surface area (Å²) in [6, 6.07) is 4.37. The van der Waals surface area contributed by atoms with Gasteiger partial charge in [-0.15, -0.1) is 11.3 Å². The van der Waals surface area contributed by atoms with Gasteiger partial charge in [-0.05, 0) is 37.8 Å². The molecule has 0 unspecified atom stereocenters. The molecule has 1 aliphatic carbocycles. The largest absolute Gasteiger partial charge is 0.460 e. The van der Waals surface area contributed by atoms with Crippen molar-refractivity contribution in [3.8, 4) is 11.5 Å². The molecule has 1 fully saturated rings. The molecule has 90 valence electrons. The zero-order valence-electron chi connectivity index (χ0n) is 9.85. The number of aromatic nitrogens is 1. The monoisotopic (exact) mass is 248 g/mol. The molecule has 2 N–H and O–H groups in total. The van der Waals surface area contributed by atoms with Crippen molar-refractivity contribution in [3.05, 3.63) is 28.3 Å². The molecule has 17 heavy (non-hydrogen) atoms. The van der Waals surface area contributed by atoms with Gasteiger partial charge in [-0.25, -0.2) is 4.98 Å². The standard InChI is InChI=1S/C13H16N2OS/c1-8-2-3-12(16-8)11-7-17-13(15-11)6-9-4-10(14)5-9/h2-3,7,9-10H,4-6,14H2,1H3. The fraction of sp³-hybridized carbons (Fsp3) is 0.462. The summed E-state index contributed by atoms with van der Waals surface area (Å²) < 4.78 is 5.57. The number of aryl methyl sites for hydroxylation is 1. The molecule has 0 atom stereocenters. The van der Waals surface area contributed by atoms with Gasteiger partial charge in [-0.3, -0.25) is 0 Å². The van der Waals surface area contributed by atoms with Crippen LogP contribution in [-0.4, -0.2) is 11.0 Å². The lowest BCUT2D eigenvalue weighted by atomic mass is 9.79. The van der Waals surface area contributed by atoms with E-state index in [9.17, 15) is 0 Å². The molecule has 0 saturated heterocycles. The molecule has 4 heteroatoms. The predicted octanol–water partition coefficient (Wildman–Crippen LogP) is 2.99. The maximum atomic E-state index is 5.79. The molecule has 3 rings (SSSR count). The molecule has 1 saturated carbocycles. The Morgan fingerprint density at radius 3 is 2.94 bits per heavy atom. The van der Waals surface area contributed by atoms with E-state index in [4.69, 9.17) is 10.2 Å². The minimum atomic E-state index is 0.423. The number of nitrogens with zero attached hydrogens (tertiary/aromatic N) is 1. The first-order valence-electron chi connectivity index (χ1n) is 5.97. The Kier molecular flexibility index (Phi) is 2.76. The van der Waals surface area contributed by atoms with E-state index in [0.29, 0.717) is 6.04 Å². The van der Waals surface area contributed by atoms with Crippen molar-refractivity contribution in [2.75, 3.05) is 0 Å². The molecule has 2 aromatic rings. The third kappa shape index (κ3) is 2.28. The van der Waals surface area contributed by atoms with E-state index in [-0.39, 0.29) is 0 Å². The summed E-state index contributed by atoms with van der Waals surface area (Å²) in [4.78, 5) is 4.62. The topological polar surface area (TPSA) is 52.0 Å². The highest BCUT2D eigenvalue weighted by Gasteiger charge is 2.26. The van der Waals surface area contributed by atoms with Crippen molar-refractivity contribution < 1.29 is 4.42 Å². The van der Waals surface area contributed by atoms with E-state index in [2.05, 4.69) is 10.4 Å². The molecule has 0 amide bonds. The lowest BCUT2D eigenvalue weighted by Gasteiger charge is -2.31. The Bertz CT molecular complexity index is 511. The summed E-state index contributed by atoms with van der Waals surface area (Å²) in [6.45, 7) is 1.95. The second-order valence-electron chi connectivity index (χ2n) is 4.84. The zero-order chi connectivity index (χ0) is 11.8. The number of nitrogens with two attached hydrogens (primary N) is 1. The minimum absolute atomic E-state index is 0.423. The Hall–Kier alpha value is -1.13. The maximum Gasteiger partial charge on any atom is 0.153 e. The van der Waals surface area contributed by atoms with Gasteiger partial charge >= 0.3 is 0 Å². The smallest absolute Gasteiger partial charge is 0.153 e. The Morgan fingerprint density at radius 1 is 1.47 bits per heavy atom. The summed E-state index contributed by atoms with van der Waals surface area (Å²) in [6.07, 6.45) is 3.36. The van der Waals surface area contributed by atoms with Crippen LogP contribution >= 0.6 is 11.3 Å². The van der Waals surface area contributed by atoms with E-state index in [1.807, 2.05) is 19.1 Å². The van der Waals surface area contributed by atoms with E-state index in [1.165, 1.54) is 5.01 Å². The molecular formula is C13H16N2OS. The Balaban J connectivity index is 1.70. The molecule has 0 aromatic carbocycles. The number of hydrogen-bond donors (Lipinski definition) is 1. The summed E-state index contributed by atoms with van der Waals surface area (Å²) >= 11 is 1.72. The van der Waals surface area contributed by atoms with Crippen molar-refractivity contribution in [2.24, 2.45) is 11.7 Å². The highest BCUT2D eigenvalue weighted by molar-refractivity contribution is 7.09. The predicted molar refractivity (Wildman–Crippen MR) is 69.0 cm³/mol. The normalized spacial score (nSPS) is 23.6. The highest BCUT2D eigenvalue weighted by Crippen LogP contribution is 2.31. The van der Waals surface area contributed by atoms with Gasteiger partial charge in [0.25, 0.3) is 0 Å². The minimum Gasteiger partial charge on any atom is -0.460 e. The third-order valence-corrected chi connectivity index (χ3v) is 4.15. The lowest BCUT2D eigenvalue weighted by molar-refractivity contribution is 0.264. The van der Waals surface area contributed by atoms with Gasteiger partial charge in [0.15, 0.2) is 5.76 Å². The molecule has 0 spiro atoms. The van der Waals surface area contributed by atoms with E-state index >= 15 is 0 Å². The van der Waals surface area contributed by atoms with Crippen LogP contribution in [0.1, 0.15) is 23.6 Å². The van der Waals surface area contributed by atoms with Gasteiger partial charge < -0.3 is 10.2 Å². The van der Waals surface area contributed by atoms with Crippen LogP contribution in [0.2, 0.25) is 0 Å². The molecule has 1 aliphatic rings. The summed E-state index contributed by atoms with van der Waals surface area (Å²) in [5.74, 6) is 2.54. The fourth-order valence-electron chi connectivity index (χ4n) is 2.29. The van der Waals surface area contributed by atoms with Gasteiger partial charge in [0.05, 0.1) is 5.01 Å². The first-order chi connectivity index (χ1) is 8.20. The van der Waals surface area contributed by atoms with Crippen molar-refractivity contribution in [3.63, 3.8) is 0 Å². The van der Waals surface area contributed by atoms with Crippen LogP contribution in [0.25, 0.3) is 11.5 Å². The average molecular weight is 248 g/mol. The van der Waals surface area contributed by atoms with Gasteiger partial charge in [0.1, 0.15) is 11.5 Å². The molecule has 3 nitrogen and oxygen atoms in total. The third-order valence-electron chi connectivity index (χ3n) is 3.28. The van der Waals surface area contributed by atoms with E-state index < -0.39 is 0 Å². The van der Waals surface area contributed by atoms with Crippen LogP contribution in [0.15, 0.2) is 21.9 Å². The van der Waals surface area contributed by atoms with Crippen LogP contribution < -0.4 is 5.73 Å². The first kappa shape index (κ1) is 11.0. The van der Waals surface area contributed by atoms with Crippen molar-refractivity contribution in [1.29, 1.82) is 0 Å². The average Bonchev–Trinajstić information content (AvgIpc) is 2.84. The maximum absolute atomic E-state index is 5.79. The molecule has 0 radical (unpaired) electrons. The SMILES string of the molecule is Cc1ccc(-c2csc(CC3CC(N)C3)n2)o1. The lowest BCUT2D eigenvalue weighted by Crippen LogP contribution is -2.37. The summed E-state index contributed by atoms with van der Waals surface area (Å²) in [5.41, 5.74) is 6.75. The van der Waals surface area contributed by atoms with Crippen LogP contribution in [-0.2, 0) is 6.42 Å². The fourth-order valence-corrected chi connectivity index (χ4v) is 3.19. The Labute approximate surface area is 105 Å². The molecular weight excluding hydrogens is 232 g/mol. The van der Waals surface area contributed by atoms with Crippen molar-refractivity contribution >= 4 is 11.3 Å². The van der Waals surface area contributed by atoms with Gasteiger partial charge in [0, 0.05) is 17.8 Å². The Morgan fingerprint density at radius 2 is 2.29 bits per heavy atom. The molecule has 2 heterocycles. The first-order valence-corrected chi connectivity index (χ1v) is 6.85. The van der Waals surface area contributed by atoms with Crippen molar-refractivity contribution in [1.82, 2.24) is 4.98 Å². The molecule has 0 bridgehead atoms. The van der Waals surface area contributed by atoms with Crippen molar-refractivity contribution in [2.45, 2.75) is 32.2 Å². The number of rotatable bonds is 3. The van der Waals surface area contributed by atoms with E-state index in [1.54, 1.807) is 11.3 Å². The number of furan rings is 1. The second kappa shape index (κ2) is 4.27. The zero-order valence-corrected chi connectivity index (χ0v) is 10.7. The van der Waals surface area contributed by atoms with Gasteiger partial charge in [0.2, 0.25) is 0 Å². The molecule has 0 aliphatic heterocycles. The van der Waals surface area contributed by atoms with Gasteiger partial charge in [-0.2, -0.15) is 0 Å². The van der Waals surface area contributed by atoms with Gasteiger partial charge in [-0.1, -0.05) is 0 Å². The quantitative estimate of drug-likeness (QED) is 0.908.